The van der Waals surface area contributed by atoms with Gasteiger partial charge in [-0.15, -0.1) is 0 Å². The molecule has 2 bridgehead atoms. The van der Waals surface area contributed by atoms with E-state index in [0.717, 1.165) is 12.0 Å². The van der Waals surface area contributed by atoms with Crippen LogP contribution in [0.15, 0.2) is 30.3 Å². The van der Waals surface area contributed by atoms with E-state index in [0.29, 0.717) is 32.8 Å². The molecule has 6 heteroatoms. The minimum atomic E-state index is -0.935. The van der Waals surface area contributed by atoms with Crippen LogP contribution < -0.4 is 5.32 Å². The van der Waals surface area contributed by atoms with E-state index < -0.39 is 12.1 Å². The molecule has 1 aromatic rings. The Labute approximate surface area is 155 Å². The highest BCUT2D eigenvalue weighted by Crippen LogP contribution is 2.44. The van der Waals surface area contributed by atoms with Gasteiger partial charge >= 0.3 is 6.09 Å². The minimum absolute atomic E-state index is 0.0318. The molecule has 3 heterocycles. The van der Waals surface area contributed by atoms with Crippen molar-refractivity contribution in [3.63, 3.8) is 0 Å². The van der Waals surface area contributed by atoms with Crippen molar-refractivity contribution >= 4 is 6.09 Å². The summed E-state index contributed by atoms with van der Waals surface area (Å²) < 4.78 is 22.8. The highest BCUT2D eigenvalue weighted by Gasteiger charge is 2.52. The van der Waals surface area contributed by atoms with E-state index in [2.05, 4.69) is 26.1 Å². The molecule has 0 unspecified atom stereocenters. The van der Waals surface area contributed by atoms with E-state index in [9.17, 15) is 4.79 Å². The molecule has 0 aromatic heterocycles. The minimum Gasteiger partial charge on any atom is -0.445 e. The van der Waals surface area contributed by atoms with Crippen molar-refractivity contribution in [2.24, 2.45) is 10.8 Å². The van der Waals surface area contributed by atoms with Crippen molar-refractivity contribution in [2.45, 2.75) is 46.2 Å². The zero-order valence-electron chi connectivity index (χ0n) is 15.9. The molecule has 144 valence electrons. The summed E-state index contributed by atoms with van der Waals surface area (Å²) in [6.07, 6.45) is 0.983. The molecular formula is C20H29NO5. The standard InChI is InChI=1S/C20H29NO5/c1-18(2,12-20-24-13-19(3,14-25-20)15-26-20)9-10-21-17(22)23-11-16-7-5-4-6-8-16/h4-8H,9-15H2,1-3H3,(H,21,22). The van der Waals surface area contributed by atoms with Gasteiger partial charge in [-0.3, -0.25) is 0 Å². The van der Waals surface area contributed by atoms with Gasteiger partial charge in [0.1, 0.15) is 6.61 Å². The maximum Gasteiger partial charge on any atom is 0.407 e. The number of carbonyl (C=O) groups excluding carboxylic acids is 1. The molecule has 0 spiro atoms. The van der Waals surface area contributed by atoms with E-state index in [4.69, 9.17) is 18.9 Å². The zero-order chi connectivity index (χ0) is 18.7. The van der Waals surface area contributed by atoms with Crippen molar-refractivity contribution in [3.05, 3.63) is 35.9 Å². The lowest BCUT2D eigenvalue weighted by Crippen LogP contribution is -2.60. The van der Waals surface area contributed by atoms with Gasteiger partial charge in [0.25, 0.3) is 5.97 Å². The second kappa shape index (κ2) is 7.55. The molecule has 3 aliphatic heterocycles. The number of amides is 1. The van der Waals surface area contributed by atoms with E-state index >= 15 is 0 Å². The third kappa shape index (κ3) is 4.96. The Bertz CT molecular complexity index is 591. The summed E-state index contributed by atoms with van der Waals surface area (Å²) in [6.45, 7) is 9.12. The zero-order valence-corrected chi connectivity index (χ0v) is 15.9. The number of fused-ring (bicyclic) bond motifs is 3. The number of ether oxygens (including phenoxy) is 4. The van der Waals surface area contributed by atoms with Gasteiger partial charge in [-0.1, -0.05) is 51.1 Å². The fraction of sp³-hybridized carbons (Fsp3) is 0.650. The van der Waals surface area contributed by atoms with Crippen molar-refractivity contribution in [2.75, 3.05) is 26.4 Å². The maximum absolute atomic E-state index is 11.8. The third-order valence-corrected chi connectivity index (χ3v) is 4.90. The Morgan fingerprint density at radius 1 is 1.15 bits per heavy atom. The molecule has 6 nitrogen and oxygen atoms in total. The molecule has 3 saturated heterocycles. The number of rotatable bonds is 7. The first-order valence-electron chi connectivity index (χ1n) is 9.16. The molecule has 3 fully saturated rings. The first-order valence-corrected chi connectivity index (χ1v) is 9.16. The summed E-state index contributed by atoms with van der Waals surface area (Å²) in [7, 11) is 0. The van der Waals surface area contributed by atoms with Crippen molar-refractivity contribution in [1.29, 1.82) is 0 Å². The Balaban J connectivity index is 1.39. The van der Waals surface area contributed by atoms with Gasteiger partial charge in [-0.05, 0) is 17.4 Å². The van der Waals surface area contributed by atoms with Crippen LogP contribution in [0.1, 0.15) is 39.2 Å². The molecule has 1 amide bonds. The second-order valence-corrected chi connectivity index (χ2v) is 8.44. The van der Waals surface area contributed by atoms with Crippen LogP contribution in [0.4, 0.5) is 4.79 Å². The Hall–Kier alpha value is -1.63. The maximum atomic E-state index is 11.8. The van der Waals surface area contributed by atoms with Crippen LogP contribution in [-0.2, 0) is 25.6 Å². The van der Waals surface area contributed by atoms with Crippen molar-refractivity contribution in [1.82, 2.24) is 5.32 Å². The van der Waals surface area contributed by atoms with Crippen LogP contribution in [0.5, 0.6) is 0 Å². The van der Waals surface area contributed by atoms with Gasteiger partial charge in [0.2, 0.25) is 0 Å². The first-order chi connectivity index (χ1) is 12.3. The van der Waals surface area contributed by atoms with Gasteiger partial charge in [0.15, 0.2) is 0 Å². The van der Waals surface area contributed by atoms with Crippen LogP contribution >= 0.6 is 0 Å². The van der Waals surface area contributed by atoms with E-state index in [1.807, 2.05) is 30.3 Å². The van der Waals surface area contributed by atoms with Crippen LogP contribution in [0.2, 0.25) is 0 Å². The fourth-order valence-electron chi connectivity index (χ4n) is 3.21. The largest absolute Gasteiger partial charge is 0.445 e. The Morgan fingerprint density at radius 3 is 2.38 bits per heavy atom. The van der Waals surface area contributed by atoms with E-state index in [-0.39, 0.29) is 17.4 Å². The van der Waals surface area contributed by atoms with Gasteiger partial charge in [0, 0.05) is 18.4 Å². The highest BCUT2D eigenvalue weighted by atomic mass is 16.9. The predicted octanol–water partition coefficient (Wildman–Crippen LogP) is 3.46. The molecule has 3 aliphatic rings. The molecule has 0 saturated carbocycles. The van der Waals surface area contributed by atoms with Gasteiger partial charge in [0.05, 0.1) is 19.8 Å². The molecule has 0 aliphatic carbocycles. The molecule has 0 radical (unpaired) electrons. The van der Waals surface area contributed by atoms with Gasteiger partial charge < -0.3 is 24.3 Å². The second-order valence-electron chi connectivity index (χ2n) is 8.44. The monoisotopic (exact) mass is 363 g/mol. The quantitative estimate of drug-likeness (QED) is 0.804. The lowest BCUT2D eigenvalue weighted by Gasteiger charge is -2.52. The number of nitrogens with one attached hydrogen (secondary N) is 1. The van der Waals surface area contributed by atoms with Crippen molar-refractivity contribution in [3.8, 4) is 0 Å². The summed E-state index contributed by atoms with van der Waals surface area (Å²) >= 11 is 0. The van der Waals surface area contributed by atoms with E-state index in [1.54, 1.807) is 0 Å². The predicted molar refractivity (Wildman–Crippen MR) is 96.3 cm³/mol. The molecule has 1 N–H and O–H groups in total. The van der Waals surface area contributed by atoms with Crippen LogP contribution in [0, 0.1) is 10.8 Å². The summed E-state index contributed by atoms with van der Waals surface area (Å²) in [5.74, 6) is -0.935. The third-order valence-electron chi connectivity index (χ3n) is 4.90. The number of alkyl carbamates (subject to hydrolysis) is 1. The Morgan fingerprint density at radius 2 is 1.77 bits per heavy atom. The first kappa shape index (κ1) is 19.1. The van der Waals surface area contributed by atoms with Crippen molar-refractivity contribution < 1.29 is 23.7 Å². The highest BCUT2D eigenvalue weighted by molar-refractivity contribution is 5.67. The van der Waals surface area contributed by atoms with E-state index in [1.165, 1.54) is 0 Å². The summed E-state index contributed by atoms with van der Waals surface area (Å²) in [6, 6.07) is 9.62. The number of hydrogen-bond donors (Lipinski definition) is 1. The summed E-state index contributed by atoms with van der Waals surface area (Å²) in [5, 5.41) is 2.81. The normalized spacial score (nSPS) is 28.0. The molecule has 26 heavy (non-hydrogen) atoms. The average molecular weight is 363 g/mol. The lowest BCUT2D eigenvalue weighted by atomic mass is 9.83. The smallest absolute Gasteiger partial charge is 0.407 e. The van der Waals surface area contributed by atoms with Gasteiger partial charge in [-0.25, -0.2) is 4.79 Å². The molecule has 1 aromatic carbocycles. The molecular weight excluding hydrogens is 334 g/mol. The lowest BCUT2D eigenvalue weighted by molar-refractivity contribution is -0.472. The van der Waals surface area contributed by atoms with Gasteiger partial charge in [-0.2, -0.15) is 0 Å². The van der Waals surface area contributed by atoms with Crippen LogP contribution in [0.3, 0.4) is 0 Å². The number of hydrogen-bond acceptors (Lipinski definition) is 5. The SMILES string of the molecule is CC(C)(CCNC(=O)OCc1ccccc1)CC12OCC(C)(CO1)CO2. The molecule has 4 rings (SSSR count). The average Bonchev–Trinajstić information content (AvgIpc) is 2.62. The van der Waals surface area contributed by atoms with Crippen LogP contribution in [0.25, 0.3) is 0 Å². The molecule has 0 atom stereocenters. The topological polar surface area (TPSA) is 66.0 Å². The number of carbonyl (C=O) groups is 1. The van der Waals surface area contributed by atoms with Crippen LogP contribution in [-0.4, -0.2) is 38.4 Å². The summed E-state index contributed by atoms with van der Waals surface area (Å²) in [4.78, 5) is 11.8. The number of benzene rings is 1. The summed E-state index contributed by atoms with van der Waals surface area (Å²) in [5.41, 5.74) is 0.823. The fourth-order valence-corrected chi connectivity index (χ4v) is 3.21. The Kier molecular flexibility index (Phi) is 5.55.